The molecular formula is C16H12ClFN2O2S2. The Morgan fingerprint density at radius 2 is 2.21 bits per heavy atom. The minimum Gasteiger partial charge on any atom is -0.494 e. The number of ether oxygens (including phenoxy) is 1. The first-order valence-corrected chi connectivity index (χ1v) is 8.96. The zero-order chi connectivity index (χ0) is 17.1. The van der Waals surface area contributed by atoms with E-state index in [4.69, 9.17) is 16.3 Å². The number of benzene rings is 1. The average molecular weight is 383 g/mol. The van der Waals surface area contributed by atoms with Crippen molar-refractivity contribution in [2.24, 2.45) is 0 Å². The van der Waals surface area contributed by atoms with Crippen LogP contribution in [-0.4, -0.2) is 18.0 Å². The van der Waals surface area contributed by atoms with Crippen LogP contribution in [0.5, 0.6) is 5.75 Å². The molecule has 0 fully saturated rings. The third kappa shape index (κ3) is 3.92. The van der Waals surface area contributed by atoms with E-state index < -0.39 is 5.82 Å². The summed E-state index contributed by atoms with van der Waals surface area (Å²) in [6, 6.07) is 8.13. The first-order chi connectivity index (χ1) is 11.5. The van der Waals surface area contributed by atoms with Gasteiger partial charge in [-0.15, -0.1) is 22.7 Å². The quantitative estimate of drug-likeness (QED) is 0.686. The molecule has 0 bridgehead atoms. The van der Waals surface area contributed by atoms with Gasteiger partial charge in [0.05, 0.1) is 28.4 Å². The maximum atomic E-state index is 13.6. The molecule has 2 aromatic heterocycles. The van der Waals surface area contributed by atoms with Gasteiger partial charge in [-0.2, -0.15) is 0 Å². The molecule has 4 nitrogen and oxygen atoms in total. The van der Waals surface area contributed by atoms with Crippen LogP contribution in [0.2, 0.25) is 4.34 Å². The molecule has 3 aromatic rings. The smallest absolute Gasteiger partial charge is 0.230 e. The predicted octanol–water partition coefficient (Wildman–Crippen LogP) is 4.85. The highest BCUT2D eigenvalue weighted by Crippen LogP contribution is 2.32. The number of hydrogen-bond acceptors (Lipinski definition) is 5. The van der Waals surface area contributed by atoms with Crippen LogP contribution in [0.15, 0.2) is 35.7 Å². The van der Waals surface area contributed by atoms with Gasteiger partial charge < -0.3 is 10.1 Å². The number of thiophene rings is 1. The number of carbonyl (C=O) groups is 1. The Kier molecular flexibility index (Phi) is 5.13. The molecule has 0 aliphatic rings. The summed E-state index contributed by atoms with van der Waals surface area (Å²) in [5.74, 6) is -0.600. The monoisotopic (exact) mass is 382 g/mol. The highest BCUT2D eigenvalue weighted by atomic mass is 35.5. The summed E-state index contributed by atoms with van der Waals surface area (Å²) in [6.07, 6.45) is 0.0562. The number of nitrogens with zero attached hydrogens (tertiary/aromatic N) is 1. The lowest BCUT2D eigenvalue weighted by atomic mass is 10.1. The van der Waals surface area contributed by atoms with Gasteiger partial charge >= 0.3 is 0 Å². The number of amides is 1. The number of carbonyl (C=O) groups excluding carboxylic acids is 1. The van der Waals surface area contributed by atoms with E-state index in [1.807, 2.05) is 11.4 Å². The van der Waals surface area contributed by atoms with Gasteiger partial charge in [-0.05, 0) is 29.8 Å². The molecule has 0 unspecified atom stereocenters. The molecule has 124 valence electrons. The van der Waals surface area contributed by atoms with Crippen LogP contribution in [0.25, 0.3) is 10.6 Å². The van der Waals surface area contributed by atoms with E-state index in [1.54, 1.807) is 12.1 Å². The number of rotatable bonds is 5. The Morgan fingerprint density at radius 3 is 2.88 bits per heavy atom. The van der Waals surface area contributed by atoms with Crippen molar-refractivity contribution in [3.05, 3.63) is 51.4 Å². The second-order valence-electron chi connectivity index (χ2n) is 4.84. The van der Waals surface area contributed by atoms with Crippen molar-refractivity contribution < 1.29 is 13.9 Å². The maximum absolute atomic E-state index is 13.6. The van der Waals surface area contributed by atoms with Crippen LogP contribution in [0.3, 0.4) is 0 Å². The van der Waals surface area contributed by atoms with Gasteiger partial charge in [-0.25, -0.2) is 9.37 Å². The Hall–Kier alpha value is -1.96. The van der Waals surface area contributed by atoms with Crippen molar-refractivity contribution in [3.63, 3.8) is 0 Å². The van der Waals surface area contributed by atoms with Gasteiger partial charge in [-0.1, -0.05) is 17.7 Å². The van der Waals surface area contributed by atoms with E-state index in [1.165, 1.54) is 41.9 Å². The fourth-order valence-electron chi connectivity index (χ4n) is 2.06. The number of anilines is 1. The molecule has 0 atom stereocenters. The Balaban J connectivity index is 1.65. The van der Waals surface area contributed by atoms with E-state index in [2.05, 4.69) is 10.3 Å². The molecule has 0 aliphatic carbocycles. The van der Waals surface area contributed by atoms with Crippen LogP contribution in [0.4, 0.5) is 9.52 Å². The molecule has 0 saturated carbocycles. The lowest BCUT2D eigenvalue weighted by Crippen LogP contribution is -2.14. The molecule has 1 aromatic carbocycles. The summed E-state index contributed by atoms with van der Waals surface area (Å²) in [5, 5.41) is 5.07. The lowest BCUT2D eigenvalue weighted by molar-refractivity contribution is -0.115. The van der Waals surface area contributed by atoms with Crippen LogP contribution in [0.1, 0.15) is 5.56 Å². The van der Waals surface area contributed by atoms with E-state index in [-0.39, 0.29) is 18.1 Å². The second kappa shape index (κ2) is 7.29. The van der Waals surface area contributed by atoms with E-state index in [9.17, 15) is 9.18 Å². The summed E-state index contributed by atoms with van der Waals surface area (Å²) >= 11 is 8.66. The normalized spacial score (nSPS) is 10.6. The van der Waals surface area contributed by atoms with Gasteiger partial charge in [0.15, 0.2) is 16.7 Å². The highest BCUT2D eigenvalue weighted by molar-refractivity contribution is 7.20. The Labute approximate surface area is 150 Å². The molecule has 0 spiro atoms. The molecule has 2 heterocycles. The van der Waals surface area contributed by atoms with Crippen LogP contribution in [-0.2, 0) is 11.2 Å². The van der Waals surface area contributed by atoms with Gasteiger partial charge in [0.2, 0.25) is 5.91 Å². The van der Waals surface area contributed by atoms with E-state index in [0.29, 0.717) is 15.0 Å². The van der Waals surface area contributed by atoms with Crippen molar-refractivity contribution in [1.29, 1.82) is 0 Å². The van der Waals surface area contributed by atoms with Gasteiger partial charge in [0, 0.05) is 5.38 Å². The van der Waals surface area contributed by atoms with Crippen molar-refractivity contribution in [3.8, 4) is 16.3 Å². The summed E-state index contributed by atoms with van der Waals surface area (Å²) in [6.45, 7) is 0. The number of hydrogen-bond donors (Lipinski definition) is 1. The largest absolute Gasteiger partial charge is 0.494 e. The summed E-state index contributed by atoms with van der Waals surface area (Å²) in [7, 11) is 1.39. The van der Waals surface area contributed by atoms with Gasteiger partial charge in [0.25, 0.3) is 0 Å². The van der Waals surface area contributed by atoms with Crippen molar-refractivity contribution in [2.75, 3.05) is 12.4 Å². The summed E-state index contributed by atoms with van der Waals surface area (Å²) in [4.78, 5) is 17.4. The van der Waals surface area contributed by atoms with Crippen molar-refractivity contribution in [2.45, 2.75) is 6.42 Å². The van der Waals surface area contributed by atoms with E-state index >= 15 is 0 Å². The maximum Gasteiger partial charge on any atom is 0.230 e. The fraction of sp³-hybridized carbons (Fsp3) is 0.125. The molecule has 1 amide bonds. The van der Waals surface area contributed by atoms with Crippen LogP contribution in [0, 0.1) is 5.82 Å². The first-order valence-electron chi connectivity index (χ1n) is 6.88. The van der Waals surface area contributed by atoms with Gasteiger partial charge in [0.1, 0.15) is 0 Å². The SMILES string of the molecule is COc1ccc(CC(=O)Nc2nc(-c3ccc(Cl)s3)cs2)cc1F. The second-order valence-corrected chi connectivity index (χ2v) is 7.41. The predicted molar refractivity (Wildman–Crippen MR) is 95.7 cm³/mol. The van der Waals surface area contributed by atoms with Gasteiger partial charge in [-0.3, -0.25) is 4.79 Å². The Bertz CT molecular complexity index is 879. The zero-order valence-corrected chi connectivity index (χ0v) is 14.9. The molecule has 3 rings (SSSR count). The molecule has 0 radical (unpaired) electrons. The minimum atomic E-state index is -0.492. The molecule has 24 heavy (non-hydrogen) atoms. The average Bonchev–Trinajstić information content (AvgIpc) is 3.16. The van der Waals surface area contributed by atoms with Crippen molar-refractivity contribution in [1.82, 2.24) is 4.98 Å². The third-order valence-corrected chi connectivity index (χ3v) is 5.17. The molecule has 8 heteroatoms. The standard InChI is InChI=1S/C16H12ClFN2O2S2/c1-22-12-3-2-9(6-10(12)18)7-15(21)20-16-19-11(8-23-16)13-4-5-14(17)24-13/h2-6,8H,7H2,1H3,(H,19,20,21). The molecule has 1 N–H and O–H groups in total. The fourth-order valence-corrected chi connectivity index (χ4v) is 3.87. The third-order valence-electron chi connectivity index (χ3n) is 3.16. The van der Waals surface area contributed by atoms with Crippen LogP contribution < -0.4 is 10.1 Å². The number of methoxy groups -OCH3 is 1. The number of thiazole rings is 1. The number of halogens is 2. The molecular weight excluding hydrogens is 371 g/mol. The van der Waals surface area contributed by atoms with Crippen LogP contribution >= 0.6 is 34.3 Å². The Morgan fingerprint density at radius 1 is 1.38 bits per heavy atom. The molecule has 0 saturated heterocycles. The zero-order valence-electron chi connectivity index (χ0n) is 12.5. The number of nitrogens with one attached hydrogen (secondary N) is 1. The van der Waals surface area contributed by atoms with Crippen molar-refractivity contribution >= 4 is 45.3 Å². The first kappa shape index (κ1) is 16.9. The minimum absolute atomic E-state index is 0.0562. The molecule has 0 aliphatic heterocycles. The summed E-state index contributed by atoms with van der Waals surface area (Å²) < 4.78 is 19.2. The highest BCUT2D eigenvalue weighted by Gasteiger charge is 2.11. The number of aromatic nitrogens is 1. The lowest BCUT2D eigenvalue weighted by Gasteiger charge is -2.05. The summed E-state index contributed by atoms with van der Waals surface area (Å²) in [5.41, 5.74) is 1.33. The van der Waals surface area contributed by atoms with E-state index in [0.717, 1.165) is 10.6 Å². The topological polar surface area (TPSA) is 51.2 Å².